The van der Waals surface area contributed by atoms with Gasteiger partial charge >= 0.3 is 5.97 Å². The number of nitrogens with two attached hydrogens (primary N) is 1. The summed E-state index contributed by atoms with van der Waals surface area (Å²) < 4.78 is 0. The predicted octanol–water partition coefficient (Wildman–Crippen LogP) is -0.262. The van der Waals surface area contributed by atoms with Crippen LogP contribution in [0.15, 0.2) is 0 Å². The molecule has 0 saturated carbocycles. The van der Waals surface area contributed by atoms with E-state index >= 15 is 0 Å². The second-order valence-corrected chi connectivity index (χ2v) is 2.39. The quantitative estimate of drug-likeness (QED) is 0.563. The average Bonchev–Trinajstić information content (AvgIpc) is 2.00. The molecule has 4 N–H and O–H groups in total. The Balaban J connectivity index is 0. The molecule has 78 valence electrons. The van der Waals surface area contributed by atoms with Crippen molar-refractivity contribution in [1.29, 1.82) is 0 Å². The normalized spacial score (nSPS) is 8.69. The highest BCUT2D eigenvalue weighted by Crippen LogP contribution is 1.94. The minimum atomic E-state index is -0.873. The molecule has 0 unspecified atom stereocenters. The van der Waals surface area contributed by atoms with Crippen LogP contribution in [-0.2, 0) is 9.59 Å². The molecule has 0 spiro atoms. The summed E-state index contributed by atoms with van der Waals surface area (Å²) in [6, 6.07) is 0. The Kier molecular flexibility index (Phi) is 10.5. The Hall–Kier alpha value is -0.810. The van der Waals surface area contributed by atoms with Crippen LogP contribution in [0.2, 0.25) is 0 Å². The second kappa shape index (κ2) is 9.28. The van der Waals surface area contributed by atoms with Crippen LogP contribution >= 0.6 is 12.4 Å². The first-order chi connectivity index (χ1) is 5.66. The largest absolute Gasteiger partial charge is 0.481 e. The number of hydrogen-bond donors (Lipinski definition) is 3. The SMILES string of the molecule is Cl.NCCNC(=O)CCCC(=O)O. The van der Waals surface area contributed by atoms with E-state index in [-0.39, 0.29) is 31.2 Å². The van der Waals surface area contributed by atoms with E-state index in [0.29, 0.717) is 19.5 Å². The molecular weight excluding hydrogens is 196 g/mol. The highest BCUT2D eigenvalue weighted by molar-refractivity contribution is 5.85. The van der Waals surface area contributed by atoms with E-state index in [9.17, 15) is 9.59 Å². The third-order valence-corrected chi connectivity index (χ3v) is 1.26. The molecule has 0 bridgehead atoms. The number of nitrogens with one attached hydrogen (secondary N) is 1. The van der Waals surface area contributed by atoms with Crippen molar-refractivity contribution in [3.05, 3.63) is 0 Å². The zero-order valence-electron chi connectivity index (χ0n) is 7.28. The van der Waals surface area contributed by atoms with Gasteiger partial charge in [-0.3, -0.25) is 9.59 Å². The number of carboxylic acid groups (broad SMARTS) is 1. The molecule has 0 saturated heterocycles. The molecule has 0 aliphatic carbocycles. The summed E-state index contributed by atoms with van der Waals surface area (Å²) >= 11 is 0. The molecule has 0 heterocycles. The maximum Gasteiger partial charge on any atom is 0.303 e. The number of hydrogen-bond acceptors (Lipinski definition) is 3. The molecule has 0 atom stereocenters. The molecule has 6 heteroatoms. The van der Waals surface area contributed by atoms with Gasteiger partial charge in [-0.2, -0.15) is 0 Å². The zero-order valence-corrected chi connectivity index (χ0v) is 8.10. The van der Waals surface area contributed by atoms with Gasteiger partial charge in [-0.1, -0.05) is 0 Å². The Morgan fingerprint density at radius 3 is 2.38 bits per heavy atom. The lowest BCUT2D eigenvalue weighted by atomic mass is 10.2. The van der Waals surface area contributed by atoms with Crippen LogP contribution in [0.3, 0.4) is 0 Å². The van der Waals surface area contributed by atoms with E-state index in [1.54, 1.807) is 0 Å². The van der Waals surface area contributed by atoms with Gasteiger partial charge in [0.05, 0.1) is 0 Å². The molecule has 0 rings (SSSR count). The van der Waals surface area contributed by atoms with Crippen LogP contribution in [-0.4, -0.2) is 30.1 Å². The van der Waals surface area contributed by atoms with E-state index in [1.165, 1.54) is 0 Å². The first-order valence-corrected chi connectivity index (χ1v) is 3.85. The summed E-state index contributed by atoms with van der Waals surface area (Å²) in [6.07, 6.45) is 0.675. The van der Waals surface area contributed by atoms with E-state index in [0.717, 1.165) is 0 Å². The highest BCUT2D eigenvalue weighted by atomic mass is 35.5. The molecular formula is C7H15ClN2O3. The minimum Gasteiger partial charge on any atom is -0.481 e. The van der Waals surface area contributed by atoms with Gasteiger partial charge in [0.15, 0.2) is 0 Å². The van der Waals surface area contributed by atoms with Crippen molar-refractivity contribution in [2.45, 2.75) is 19.3 Å². The molecule has 0 fully saturated rings. The highest BCUT2D eigenvalue weighted by Gasteiger charge is 2.01. The predicted molar refractivity (Wildman–Crippen MR) is 50.8 cm³/mol. The standard InChI is InChI=1S/C7H14N2O3.ClH/c8-4-5-9-6(10)2-1-3-7(11)12;/h1-5,8H2,(H,9,10)(H,11,12);1H. The number of rotatable bonds is 6. The van der Waals surface area contributed by atoms with Gasteiger partial charge < -0.3 is 16.2 Å². The van der Waals surface area contributed by atoms with Gasteiger partial charge in [-0.05, 0) is 6.42 Å². The maximum absolute atomic E-state index is 10.8. The third-order valence-electron chi connectivity index (χ3n) is 1.26. The number of carbonyl (C=O) groups excluding carboxylic acids is 1. The van der Waals surface area contributed by atoms with Crippen molar-refractivity contribution in [1.82, 2.24) is 5.32 Å². The Bertz CT molecular complexity index is 164. The second-order valence-electron chi connectivity index (χ2n) is 2.39. The van der Waals surface area contributed by atoms with Crippen LogP contribution in [0.5, 0.6) is 0 Å². The fourth-order valence-corrected chi connectivity index (χ4v) is 0.700. The Morgan fingerprint density at radius 2 is 1.92 bits per heavy atom. The van der Waals surface area contributed by atoms with E-state index < -0.39 is 5.97 Å². The lowest BCUT2D eigenvalue weighted by Gasteiger charge is -2.01. The first-order valence-electron chi connectivity index (χ1n) is 3.85. The summed E-state index contributed by atoms with van der Waals surface area (Å²) in [6.45, 7) is 0.858. The number of halogens is 1. The summed E-state index contributed by atoms with van der Waals surface area (Å²) in [7, 11) is 0. The summed E-state index contributed by atoms with van der Waals surface area (Å²) in [5.74, 6) is -1.01. The van der Waals surface area contributed by atoms with E-state index in [1.807, 2.05) is 0 Å². The van der Waals surface area contributed by atoms with Gasteiger partial charge in [0.2, 0.25) is 5.91 Å². The number of carbonyl (C=O) groups is 2. The molecule has 0 radical (unpaired) electrons. The van der Waals surface area contributed by atoms with Crippen molar-refractivity contribution < 1.29 is 14.7 Å². The zero-order chi connectivity index (χ0) is 9.40. The fraction of sp³-hybridized carbons (Fsp3) is 0.714. The molecule has 0 aliphatic rings. The van der Waals surface area contributed by atoms with Crippen LogP contribution in [0.4, 0.5) is 0 Å². The fourth-order valence-electron chi connectivity index (χ4n) is 0.700. The molecule has 0 aliphatic heterocycles. The van der Waals surface area contributed by atoms with Crippen LogP contribution in [0.1, 0.15) is 19.3 Å². The van der Waals surface area contributed by atoms with Crippen LogP contribution in [0, 0.1) is 0 Å². The van der Waals surface area contributed by atoms with E-state index in [2.05, 4.69) is 5.32 Å². The maximum atomic E-state index is 10.8. The topological polar surface area (TPSA) is 92.4 Å². The van der Waals surface area contributed by atoms with Gasteiger partial charge in [0, 0.05) is 25.9 Å². The van der Waals surface area contributed by atoms with Gasteiger partial charge in [0.1, 0.15) is 0 Å². The molecule has 13 heavy (non-hydrogen) atoms. The molecule has 0 aromatic carbocycles. The van der Waals surface area contributed by atoms with Crippen molar-refractivity contribution in [2.75, 3.05) is 13.1 Å². The Labute approximate surface area is 83.1 Å². The summed E-state index contributed by atoms with van der Waals surface area (Å²) in [5, 5.41) is 10.8. The van der Waals surface area contributed by atoms with Gasteiger partial charge in [-0.15, -0.1) is 12.4 Å². The lowest BCUT2D eigenvalue weighted by molar-refractivity contribution is -0.137. The van der Waals surface area contributed by atoms with E-state index in [4.69, 9.17) is 10.8 Å². The lowest BCUT2D eigenvalue weighted by Crippen LogP contribution is -2.28. The monoisotopic (exact) mass is 210 g/mol. The Morgan fingerprint density at radius 1 is 1.31 bits per heavy atom. The number of aliphatic carboxylic acids is 1. The molecule has 5 nitrogen and oxygen atoms in total. The van der Waals surface area contributed by atoms with Crippen molar-refractivity contribution >= 4 is 24.3 Å². The smallest absolute Gasteiger partial charge is 0.303 e. The number of carboxylic acids is 1. The minimum absolute atomic E-state index is 0. The number of amides is 1. The summed E-state index contributed by atoms with van der Waals surface area (Å²) in [4.78, 5) is 20.9. The van der Waals surface area contributed by atoms with Crippen molar-refractivity contribution in [3.63, 3.8) is 0 Å². The third kappa shape index (κ3) is 11.2. The molecule has 0 aromatic rings. The van der Waals surface area contributed by atoms with Gasteiger partial charge in [-0.25, -0.2) is 0 Å². The molecule has 1 amide bonds. The van der Waals surface area contributed by atoms with Gasteiger partial charge in [0.25, 0.3) is 0 Å². The van der Waals surface area contributed by atoms with Crippen molar-refractivity contribution in [2.24, 2.45) is 5.73 Å². The van der Waals surface area contributed by atoms with Crippen molar-refractivity contribution in [3.8, 4) is 0 Å². The van der Waals surface area contributed by atoms with Crippen LogP contribution < -0.4 is 11.1 Å². The summed E-state index contributed by atoms with van der Waals surface area (Å²) in [5.41, 5.74) is 5.14. The van der Waals surface area contributed by atoms with Crippen LogP contribution in [0.25, 0.3) is 0 Å². The molecule has 0 aromatic heterocycles. The first kappa shape index (κ1) is 14.7. The average molecular weight is 211 g/mol.